The number of nitriles is 1. The van der Waals surface area contributed by atoms with Crippen molar-refractivity contribution in [3.8, 4) is 6.07 Å². The molecule has 1 aromatic rings. The minimum Gasteiger partial charge on any atom is -0.205 e. The van der Waals surface area contributed by atoms with Crippen LogP contribution in [-0.4, -0.2) is 0 Å². The first-order valence-electron chi connectivity index (χ1n) is 3.86. The Balaban J connectivity index is 3.48. The van der Waals surface area contributed by atoms with E-state index in [1.165, 1.54) is 6.07 Å². The van der Waals surface area contributed by atoms with E-state index in [4.69, 9.17) is 16.9 Å². The smallest absolute Gasteiger partial charge is 0.144 e. The average molecular weight is 198 g/mol. The van der Waals surface area contributed by atoms with Crippen LogP contribution in [0, 0.1) is 31.0 Å². The molecule has 13 heavy (non-hydrogen) atoms. The minimum atomic E-state index is -0.455. The summed E-state index contributed by atoms with van der Waals surface area (Å²) in [4.78, 5) is 0. The zero-order chi connectivity index (χ0) is 10.0. The van der Waals surface area contributed by atoms with E-state index < -0.39 is 5.82 Å². The van der Waals surface area contributed by atoms with Gasteiger partial charge in [-0.3, -0.25) is 0 Å². The fourth-order valence-corrected chi connectivity index (χ4v) is 1.70. The molecule has 0 aromatic heterocycles. The summed E-state index contributed by atoms with van der Waals surface area (Å²) in [5, 5.41) is 8.61. The molecule has 0 spiro atoms. The zero-order valence-electron chi connectivity index (χ0n) is 7.49. The van der Waals surface area contributed by atoms with Crippen molar-refractivity contribution in [3.05, 3.63) is 34.1 Å². The van der Waals surface area contributed by atoms with Gasteiger partial charge in [-0.2, -0.15) is 5.26 Å². The second-order valence-electron chi connectivity index (χ2n) is 2.90. The predicted octanol–water partition coefficient (Wildman–Crippen LogP) is 3.05. The molecular weight excluding hydrogens is 189 g/mol. The van der Waals surface area contributed by atoms with Gasteiger partial charge in [-0.05, 0) is 36.6 Å². The molecule has 0 aliphatic heterocycles. The van der Waals surface area contributed by atoms with Crippen LogP contribution in [0.3, 0.4) is 0 Å². The molecule has 0 aliphatic carbocycles. The van der Waals surface area contributed by atoms with Gasteiger partial charge in [0, 0.05) is 5.88 Å². The molecule has 3 heteroatoms. The maximum atomic E-state index is 13.3. The summed E-state index contributed by atoms with van der Waals surface area (Å²) in [6.45, 7) is 3.46. The summed E-state index contributed by atoms with van der Waals surface area (Å²) in [6.07, 6.45) is 0. The minimum absolute atomic E-state index is 0.0869. The lowest BCUT2D eigenvalue weighted by Crippen LogP contribution is -1.97. The summed E-state index contributed by atoms with van der Waals surface area (Å²) in [7, 11) is 0. The van der Waals surface area contributed by atoms with Crippen molar-refractivity contribution in [3.63, 3.8) is 0 Å². The van der Waals surface area contributed by atoms with Crippen LogP contribution in [0.5, 0.6) is 0 Å². The largest absolute Gasteiger partial charge is 0.205 e. The van der Waals surface area contributed by atoms with Crippen molar-refractivity contribution in [1.82, 2.24) is 0 Å². The van der Waals surface area contributed by atoms with Gasteiger partial charge in [0.05, 0.1) is 5.56 Å². The number of aryl methyl sites for hydroxylation is 1. The van der Waals surface area contributed by atoms with Crippen LogP contribution in [0.4, 0.5) is 4.39 Å². The summed E-state index contributed by atoms with van der Waals surface area (Å²) in [6, 6.07) is 3.34. The Morgan fingerprint density at radius 2 is 2.15 bits per heavy atom. The molecule has 0 saturated heterocycles. The maximum absolute atomic E-state index is 13.3. The van der Waals surface area contributed by atoms with Gasteiger partial charge in [-0.15, -0.1) is 11.6 Å². The highest BCUT2D eigenvalue weighted by atomic mass is 35.5. The molecule has 1 nitrogen and oxygen atoms in total. The van der Waals surface area contributed by atoms with Gasteiger partial charge in [0.1, 0.15) is 11.9 Å². The summed E-state index contributed by atoms with van der Waals surface area (Å²) in [5.74, 6) is -0.177. The van der Waals surface area contributed by atoms with Crippen molar-refractivity contribution in [2.45, 2.75) is 19.7 Å². The molecule has 0 N–H and O–H groups in total. The maximum Gasteiger partial charge on any atom is 0.144 e. The molecule has 0 bridgehead atoms. The third-order valence-corrected chi connectivity index (χ3v) is 2.38. The molecule has 68 valence electrons. The van der Waals surface area contributed by atoms with Crippen LogP contribution >= 0.6 is 11.6 Å². The van der Waals surface area contributed by atoms with Gasteiger partial charge in [0.15, 0.2) is 0 Å². The topological polar surface area (TPSA) is 23.8 Å². The van der Waals surface area contributed by atoms with E-state index in [1.54, 1.807) is 6.92 Å². The Kier molecular flexibility index (Phi) is 2.90. The summed E-state index contributed by atoms with van der Waals surface area (Å²) < 4.78 is 13.3. The fraction of sp³-hybridized carbons (Fsp3) is 0.300. The van der Waals surface area contributed by atoms with Gasteiger partial charge in [0.25, 0.3) is 0 Å². The quantitative estimate of drug-likeness (QED) is 0.635. The van der Waals surface area contributed by atoms with Crippen molar-refractivity contribution in [1.29, 1.82) is 5.26 Å². The Labute approximate surface area is 81.8 Å². The highest BCUT2D eigenvalue weighted by Gasteiger charge is 2.11. The van der Waals surface area contributed by atoms with Gasteiger partial charge in [-0.1, -0.05) is 0 Å². The van der Waals surface area contributed by atoms with E-state index in [2.05, 4.69) is 0 Å². The van der Waals surface area contributed by atoms with Crippen LogP contribution < -0.4 is 0 Å². The molecule has 1 aromatic carbocycles. The standard InChI is InChI=1S/C10H9ClFN/c1-6-3-8(5-13)10(12)7(2)9(6)4-11/h3H,4H2,1-2H3. The number of hydrogen-bond acceptors (Lipinski definition) is 1. The fourth-order valence-electron chi connectivity index (χ4n) is 1.28. The lowest BCUT2D eigenvalue weighted by molar-refractivity contribution is 0.612. The number of rotatable bonds is 1. The summed E-state index contributed by atoms with van der Waals surface area (Å²) >= 11 is 5.66. The highest BCUT2D eigenvalue weighted by molar-refractivity contribution is 6.17. The van der Waals surface area contributed by atoms with Crippen molar-refractivity contribution in [2.75, 3.05) is 0 Å². The number of halogens is 2. The molecule has 0 heterocycles. The van der Waals surface area contributed by atoms with Crippen LogP contribution in [0.1, 0.15) is 22.3 Å². The molecule has 0 aliphatic rings. The van der Waals surface area contributed by atoms with Gasteiger partial charge >= 0.3 is 0 Å². The van der Waals surface area contributed by atoms with Crippen LogP contribution in [-0.2, 0) is 5.88 Å². The third kappa shape index (κ3) is 1.66. The van der Waals surface area contributed by atoms with E-state index in [-0.39, 0.29) is 11.4 Å². The molecule has 0 fully saturated rings. The number of hydrogen-bond donors (Lipinski definition) is 0. The summed E-state index contributed by atoms with van der Waals surface area (Å²) in [5.41, 5.74) is 2.21. The SMILES string of the molecule is Cc1cc(C#N)c(F)c(C)c1CCl. The number of alkyl halides is 1. The van der Waals surface area contributed by atoms with Crippen LogP contribution in [0.25, 0.3) is 0 Å². The van der Waals surface area contributed by atoms with Gasteiger partial charge in [0.2, 0.25) is 0 Å². The molecule has 0 saturated carbocycles. The first-order valence-corrected chi connectivity index (χ1v) is 4.40. The lowest BCUT2D eigenvalue weighted by atomic mass is 10.0. The van der Waals surface area contributed by atoms with Crippen molar-refractivity contribution < 1.29 is 4.39 Å². The number of nitrogens with zero attached hydrogens (tertiary/aromatic N) is 1. The van der Waals surface area contributed by atoms with E-state index >= 15 is 0 Å². The molecule has 0 radical (unpaired) electrons. The Morgan fingerprint density at radius 3 is 2.62 bits per heavy atom. The monoisotopic (exact) mass is 197 g/mol. The Morgan fingerprint density at radius 1 is 1.54 bits per heavy atom. The van der Waals surface area contributed by atoms with Gasteiger partial charge < -0.3 is 0 Å². The van der Waals surface area contributed by atoms with E-state index in [0.29, 0.717) is 5.56 Å². The van der Waals surface area contributed by atoms with E-state index in [1.807, 2.05) is 13.0 Å². The molecule has 0 amide bonds. The Hall–Kier alpha value is -1.07. The second kappa shape index (κ2) is 3.76. The predicted molar refractivity (Wildman–Crippen MR) is 50.1 cm³/mol. The molecular formula is C10H9ClFN. The zero-order valence-corrected chi connectivity index (χ0v) is 8.24. The van der Waals surface area contributed by atoms with E-state index in [9.17, 15) is 4.39 Å². The Bertz CT molecular complexity index is 376. The lowest BCUT2D eigenvalue weighted by Gasteiger charge is -2.08. The van der Waals surface area contributed by atoms with Crippen molar-refractivity contribution in [2.24, 2.45) is 0 Å². The third-order valence-electron chi connectivity index (χ3n) is 2.11. The normalized spacial score (nSPS) is 9.77. The van der Waals surface area contributed by atoms with Crippen LogP contribution in [0.2, 0.25) is 0 Å². The highest BCUT2D eigenvalue weighted by Crippen LogP contribution is 2.22. The average Bonchev–Trinajstić information content (AvgIpc) is 2.12. The van der Waals surface area contributed by atoms with Gasteiger partial charge in [-0.25, -0.2) is 4.39 Å². The van der Waals surface area contributed by atoms with Crippen molar-refractivity contribution >= 4 is 11.6 Å². The molecule has 0 atom stereocenters. The van der Waals surface area contributed by atoms with E-state index in [0.717, 1.165) is 11.1 Å². The van der Waals surface area contributed by atoms with Crippen LogP contribution in [0.15, 0.2) is 6.07 Å². The first kappa shape index (κ1) is 10.0. The second-order valence-corrected chi connectivity index (χ2v) is 3.17. The molecule has 0 unspecified atom stereocenters. The first-order chi connectivity index (χ1) is 6.11. The number of benzene rings is 1. The molecule has 1 rings (SSSR count).